The third kappa shape index (κ3) is 3.43. The molecule has 0 unspecified atom stereocenters. The van der Waals surface area contributed by atoms with Gasteiger partial charge in [0.25, 0.3) is 5.56 Å². The Kier molecular flexibility index (Phi) is 5.09. The van der Waals surface area contributed by atoms with Gasteiger partial charge < -0.3 is 15.6 Å². The van der Waals surface area contributed by atoms with Crippen LogP contribution in [0, 0.1) is 0 Å². The van der Waals surface area contributed by atoms with Gasteiger partial charge in [0.05, 0.1) is 5.54 Å². The summed E-state index contributed by atoms with van der Waals surface area (Å²) >= 11 is 0. The molecule has 18 heavy (non-hydrogen) atoms. The molecular formula is C13H21N3O2. The summed E-state index contributed by atoms with van der Waals surface area (Å²) in [6, 6.07) is 4.81. The van der Waals surface area contributed by atoms with E-state index in [2.05, 4.69) is 5.32 Å². The topological polar surface area (TPSA) is 77.1 Å². The molecule has 1 aromatic rings. The Morgan fingerprint density at radius 1 is 1.39 bits per heavy atom. The van der Waals surface area contributed by atoms with Gasteiger partial charge in [0.2, 0.25) is 5.91 Å². The van der Waals surface area contributed by atoms with Gasteiger partial charge in [-0.1, -0.05) is 19.9 Å². The number of nitrogens with one attached hydrogen (secondary N) is 1. The first-order valence-electron chi connectivity index (χ1n) is 6.23. The summed E-state index contributed by atoms with van der Waals surface area (Å²) in [7, 11) is 0. The van der Waals surface area contributed by atoms with E-state index in [4.69, 9.17) is 5.73 Å². The molecule has 1 amide bonds. The largest absolute Gasteiger partial charge is 0.348 e. The van der Waals surface area contributed by atoms with Gasteiger partial charge in [-0.05, 0) is 18.9 Å². The van der Waals surface area contributed by atoms with E-state index in [9.17, 15) is 9.59 Å². The summed E-state index contributed by atoms with van der Waals surface area (Å²) < 4.78 is 1.38. The minimum Gasteiger partial charge on any atom is -0.348 e. The zero-order valence-electron chi connectivity index (χ0n) is 11.0. The van der Waals surface area contributed by atoms with Crippen molar-refractivity contribution in [1.82, 2.24) is 9.88 Å². The summed E-state index contributed by atoms with van der Waals surface area (Å²) in [6.45, 7) is 4.41. The van der Waals surface area contributed by atoms with Gasteiger partial charge in [0.15, 0.2) is 0 Å². The van der Waals surface area contributed by atoms with Crippen LogP contribution >= 0.6 is 0 Å². The molecule has 1 aromatic heterocycles. The molecule has 1 heterocycles. The number of hydrogen-bond donors (Lipinski definition) is 2. The maximum Gasteiger partial charge on any atom is 0.250 e. The SMILES string of the molecule is CCC(CC)(CN)NC(=O)Cn1ccccc1=O. The molecule has 1 rings (SSSR count). The Hall–Kier alpha value is -1.62. The summed E-state index contributed by atoms with van der Waals surface area (Å²) in [4.78, 5) is 23.4. The minimum absolute atomic E-state index is 0.0292. The van der Waals surface area contributed by atoms with E-state index in [0.717, 1.165) is 12.8 Å². The lowest BCUT2D eigenvalue weighted by atomic mass is 9.93. The molecule has 0 aromatic carbocycles. The van der Waals surface area contributed by atoms with Crippen LogP contribution in [0.5, 0.6) is 0 Å². The number of carbonyl (C=O) groups excluding carboxylic acids is 1. The average molecular weight is 251 g/mol. The van der Waals surface area contributed by atoms with Crippen molar-refractivity contribution in [3.63, 3.8) is 0 Å². The van der Waals surface area contributed by atoms with Crippen molar-refractivity contribution in [3.8, 4) is 0 Å². The summed E-state index contributed by atoms with van der Waals surface area (Å²) in [5, 5.41) is 2.93. The first kappa shape index (κ1) is 14.4. The van der Waals surface area contributed by atoms with Crippen molar-refractivity contribution in [3.05, 3.63) is 34.7 Å². The number of nitrogens with zero attached hydrogens (tertiary/aromatic N) is 1. The molecule has 5 nitrogen and oxygen atoms in total. The lowest BCUT2D eigenvalue weighted by Crippen LogP contribution is -2.54. The predicted molar refractivity (Wildman–Crippen MR) is 71.2 cm³/mol. The maximum atomic E-state index is 11.9. The monoisotopic (exact) mass is 251 g/mol. The van der Waals surface area contributed by atoms with Crippen LogP contribution in [0.25, 0.3) is 0 Å². The van der Waals surface area contributed by atoms with Gasteiger partial charge in [0.1, 0.15) is 6.54 Å². The van der Waals surface area contributed by atoms with E-state index in [1.54, 1.807) is 18.3 Å². The minimum atomic E-state index is -0.366. The quantitative estimate of drug-likeness (QED) is 0.772. The van der Waals surface area contributed by atoms with Crippen LogP contribution in [0.2, 0.25) is 0 Å². The van der Waals surface area contributed by atoms with Crippen molar-refractivity contribution in [2.45, 2.75) is 38.8 Å². The normalized spacial score (nSPS) is 11.3. The molecule has 0 radical (unpaired) electrons. The standard InChI is InChI=1S/C13H21N3O2/c1-3-13(4-2,10-14)15-11(17)9-16-8-6-5-7-12(16)18/h5-8H,3-4,9-10,14H2,1-2H3,(H,15,17). The molecule has 100 valence electrons. The number of pyridine rings is 1. The fraction of sp³-hybridized carbons (Fsp3) is 0.538. The van der Waals surface area contributed by atoms with Crippen LogP contribution in [0.15, 0.2) is 29.2 Å². The molecule has 0 aliphatic carbocycles. The van der Waals surface area contributed by atoms with E-state index in [1.165, 1.54) is 10.6 Å². The van der Waals surface area contributed by atoms with Gasteiger partial charge >= 0.3 is 0 Å². The van der Waals surface area contributed by atoms with Crippen LogP contribution in [-0.2, 0) is 11.3 Å². The molecule has 0 aliphatic heterocycles. The molecule has 0 spiro atoms. The molecule has 0 atom stereocenters. The second-order valence-corrected chi connectivity index (χ2v) is 4.41. The van der Waals surface area contributed by atoms with E-state index in [0.29, 0.717) is 6.54 Å². The number of rotatable bonds is 6. The van der Waals surface area contributed by atoms with Gasteiger partial charge in [-0.15, -0.1) is 0 Å². The van der Waals surface area contributed by atoms with Crippen LogP contribution in [-0.4, -0.2) is 22.6 Å². The molecule has 0 fully saturated rings. The van der Waals surface area contributed by atoms with Crippen molar-refractivity contribution in [2.75, 3.05) is 6.54 Å². The second-order valence-electron chi connectivity index (χ2n) is 4.41. The van der Waals surface area contributed by atoms with Gasteiger partial charge in [-0.2, -0.15) is 0 Å². The van der Waals surface area contributed by atoms with Crippen molar-refractivity contribution in [1.29, 1.82) is 0 Å². The molecular weight excluding hydrogens is 230 g/mol. The number of hydrogen-bond acceptors (Lipinski definition) is 3. The van der Waals surface area contributed by atoms with Crippen molar-refractivity contribution >= 4 is 5.91 Å². The zero-order valence-corrected chi connectivity index (χ0v) is 11.0. The smallest absolute Gasteiger partial charge is 0.250 e. The van der Waals surface area contributed by atoms with Crippen LogP contribution < -0.4 is 16.6 Å². The first-order valence-corrected chi connectivity index (χ1v) is 6.23. The predicted octanol–water partition coefficient (Wildman–Crippen LogP) is 0.482. The Balaban J connectivity index is 2.73. The van der Waals surface area contributed by atoms with Gasteiger partial charge in [0, 0.05) is 18.8 Å². The Morgan fingerprint density at radius 2 is 2.06 bits per heavy atom. The third-order valence-corrected chi connectivity index (χ3v) is 3.36. The molecule has 5 heteroatoms. The Morgan fingerprint density at radius 3 is 2.56 bits per heavy atom. The number of amides is 1. The lowest BCUT2D eigenvalue weighted by Gasteiger charge is -2.31. The zero-order chi connectivity index (χ0) is 13.6. The van der Waals surface area contributed by atoms with Crippen molar-refractivity contribution in [2.24, 2.45) is 5.73 Å². The fourth-order valence-electron chi connectivity index (χ4n) is 1.85. The van der Waals surface area contributed by atoms with E-state index in [-0.39, 0.29) is 23.6 Å². The van der Waals surface area contributed by atoms with Crippen LogP contribution in [0.3, 0.4) is 0 Å². The highest BCUT2D eigenvalue weighted by Crippen LogP contribution is 2.12. The van der Waals surface area contributed by atoms with Gasteiger partial charge in [-0.25, -0.2) is 0 Å². The second kappa shape index (κ2) is 6.35. The van der Waals surface area contributed by atoms with E-state index in [1.807, 2.05) is 13.8 Å². The van der Waals surface area contributed by atoms with E-state index >= 15 is 0 Å². The maximum absolute atomic E-state index is 11.9. The molecule has 0 saturated carbocycles. The number of carbonyl (C=O) groups is 1. The Bertz CT molecular complexity index is 441. The molecule has 0 bridgehead atoms. The first-order chi connectivity index (χ1) is 8.56. The number of aromatic nitrogens is 1. The van der Waals surface area contributed by atoms with Crippen molar-refractivity contribution < 1.29 is 4.79 Å². The van der Waals surface area contributed by atoms with E-state index < -0.39 is 0 Å². The molecule has 0 aliphatic rings. The molecule has 0 saturated heterocycles. The van der Waals surface area contributed by atoms with Gasteiger partial charge in [-0.3, -0.25) is 9.59 Å². The fourth-order valence-corrected chi connectivity index (χ4v) is 1.85. The summed E-state index contributed by atoms with van der Waals surface area (Å²) in [6.07, 6.45) is 3.15. The lowest BCUT2D eigenvalue weighted by molar-refractivity contribution is -0.123. The highest BCUT2D eigenvalue weighted by atomic mass is 16.2. The highest BCUT2D eigenvalue weighted by Gasteiger charge is 2.26. The summed E-state index contributed by atoms with van der Waals surface area (Å²) in [5.41, 5.74) is 5.17. The third-order valence-electron chi connectivity index (χ3n) is 3.36. The average Bonchev–Trinajstić information content (AvgIpc) is 2.39. The van der Waals surface area contributed by atoms with Crippen LogP contribution in [0.4, 0.5) is 0 Å². The number of nitrogens with two attached hydrogens (primary N) is 1. The summed E-state index contributed by atoms with van der Waals surface area (Å²) in [5.74, 6) is -0.183. The van der Waals surface area contributed by atoms with Crippen LogP contribution in [0.1, 0.15) is 26.7 Å². The molecule has 3 N–H and O–H groups in total. The highest BCUT2D eigenvalue weighted by molar-refractivity contribution is 5.76. The Labute approximate surface area is 107 Å².